The standard InChI is InChI=1S/C12H13ClO2/c13-11-3-4-12-10(7-11)6-9(8-14)2-1-5-15-12/h1-4,7,9,14H,5-6,8H2/b2-1-. The Kier molecular flexibility index (Phi) is 3.29. The molecule has 1 aromatic carbocycles. The van der Waals surface area contributed by atoms with Gasteiger partial charge in [0.05, 0.1) is 0 Å². The molecule has 0 saturated carbocycles. The topological polar surface area (TPSA) is 29.5 Å². The zero-order valence-corrected chi connectivity index (χ0v) is 9.07. The molecule has 1 aliphatic heterocycles. The molecule has 1 N–H and O–H groups in total. The molecule has 0 bridgehead atoms. The summed E-state index contributed by atoms with van der Waals surface area (Å²) in [5.41, 5.74) is 1.06. The van der Waals surface area contributed by atoms with Crippen LogP contribution in [-0.2, 0) is 6.42 Å². The highest BCUT2D eigenvalue weighted by Crippen LogP contribution is 2.27. The average molecular weight is 225 g/mol. The van der Waals surface area contributed by atoms with Gasteiger partial charge in [-0.3, -0.25) is 0 Å². The van der Waals surface area contributed by atoms with Crippen LogP contribution >= 0.6 is 11.6 Å². The van der Waals surface area contributed by atoms with Crippen LogP contribution in [0.3, 0.4) is 0 Å². The van der Waals surface area contributed by atoms with Crippen LogP contribution < -0.4 is 4.74 Å². The van der Waals surface area contributed by atoms with Gasteiger partial charge < -0.3 is 9.84 Å². The van der Waals surface area contributed by atoms with E-state index >= 15 is 0 Å². The molecule has 1 atom stereocenters. The van der Waals surface area contributed by atoms with Crippen LogP contribution in [0.5, 0.6) is 5.75 Å². The van der Waals surface area contributed by atoms with Crippen LogP contribution in [-0.4, -0.2) is 18.3 Å². The summed E-state index contributed by atoms with van der Waals surface area (Å²) in [6, 6.07) is 5.60. The van der Waals surface area contributed by atoms with Crippen LogP contribution in [0.15, 0.2) is 30.4 Å². The van der Waals surface area contributed by atoms with Gasteiger partial charge in [0.1, 0.15) is 12.4 Å². The van der Waals surface area contributed by atoms with Gasteiger partial charge in [-0.05, 0) is 30.2 Å². The van der Waals surface area contributed by atoms with E-state index in [0.717, 1.165) is 17.7 Å². The molecular weight excluding hydrogens is 212 g/mol. The van der Waals surface area contributed by atoms with E-state index in [9.17, 15) is 5.11 Å². The fourth-order valence-electron chi connectivity index (χ4n) is 1.71. The third kappa shape index (κ3) is 2.52. The van der Waals surface area contributed by atoms with Gasteiger partial charge in [-0.2, -0.15) is 0 Å². The van der Waals surface area contributed by atoms with Gasteiger partial charge >= 0.3 is 0 Å². The summed E-state index contributed by atoms with van der Waals surface area (Å²) < 4.78 is 5.55. The van der Waals surface area contributed by atoms with Crippen molar-refractivity contribution in [1.82, 2.24) is 0 Å². The predicted octanol–water partition coefficient (Wildman–Crippen LogP) is 2.44. The number of hydrogen-bond donors (Lipinski definition) is 1. The first kappa shape index (κ1) is 10.5. The maximum absolute atomic E-state index is 9.18. The van der Waals surface area contributed by atoms with Crippen molar-refractivity contribution in [1.29, 1.82) is 0 Å². The smallest absolute Gasteiger partial charge is 0.123 e. The van der Waals surface area contributed by atoms with Gasteiger partial charge in [0.15, 0.2) is 0 Å². The quantitative estimate of drug-likeness (QED) is 0.743. The molecule has 0 saturated heterocycles. The molecule has 0 amide bonds. The number of rotatable bonds is 1. The molecule has 80 valence electrons. The lowest BCUT2D eigenvalue weighted by molar-refractivity contribution is 0.248. The molecule has 1 aromatic rings. The van der Waals surface area contributed by atoms with Crippen LogP contribution in [0.1, 0.15) is 5.56 Å². The van der Waals surface area contributed by atoms with Crippen LogP contribution in [0.4, 0.5) is 0 Å². The number of ether oxygens (including phenoxy) is 1. The first-order chi connectivity index (χ1) is 7.29. The maximum atomic E-state index is 9.18. The normalized spacial score (nSPS) is 22.1. The molecule has 2 rings (SSSR count). The zero-order chi connectivity index (χ0) is 10.7. The van der Waals surface area contributed by atoms with E-state index in [1.807, 2.05) is 30.4 Å². The summed E-state index contributed by atoms with van der Waals surface area (Å²) in [6.45, 7) is 0.702. The Hall–Kier alpha value is -0.990. The lowest BCUT2D eigenvalue weighted by Gasteiger charge is -2.17. The Morgan fingerprint density at radius 3 is 3.13 bits per heavy atom. The van der Waals surface area contributed by atoms with Gasteiger partial charge in [-0.15, -0.1) is 0 Å². The SMILES string of the molecule is OCC1/C=C\COc2ccc(Cl)cc2C1. The van der Waals surface area contributed by atoms with Crippen molar-refractivity contribution in [2.75, 3.05) is 13.2 Å². The molecule has 0 radical (unpaired) electrons. The molecule has 15 heavy (non-hydrogen) atoms. The van der Waals surface area contributed by atoms with Gasteiger partial charge in [0, 0.05) is 17.5 Å². The second-order valence-corrected chi connectivity index (χ2v) is 4.07. The lowest BCUT2D eigenvalue weighted by atomic mass is 9.98. The minimum absolute atomic E-state index is 0.155. The van der Waals surface area contributed by atoms with E-state index in [1.54, 1.807) is 0 Å². The summed E-state index contributed by atoms with van der Waals surface area (Å²) >= 11 is 5.93. The first-order valence-electron chi connectivity index (χ1n) is 4.98. The Labute approximate surface area is 94.1 Å². The van der Waals surface area contributed by atoms with Crippen molar-refractivity contribution in [2.24, 2.45) is 5.92 Å². The monoisotopic (exact) mass is 224 g/mol. The average Bonchev–Trinajstić information content (AvgIpc) is 2.20. The molecule has 3 heteroatoms. The number of halogens is 1. The maximum Gasteiger partial charge on any atom is 0.123 e. The Morgan fingerprint density at radius 1 is 1.47 bits per heavy atom. The predicted molar refractivity (Wildman–Crippen MR) is 60.4 cm³/mol. The van der Waals surface area contributed by atoms with E-state index in [1.165, 1.54) is 0 Å². The second kappa shape index (κ2) is 4.69. The van der Waals surface area contributed by atoms with Crippen molar-refractivity contribution in [2.45, 2.75) is 6.42 Å². The molecule has 0 aromatic heterocycles. The summed E-state index contributed by atoms with van der Waals surface area (Å²) in [6.07, 6.45) is 4.70. The van der Waals surface area contributed by atoms with E-state index in [-0.39, 0.29) is 12.5 Å². The highest BCUT2D eigenvalue weighted by molar-refractivity contribution is 6.30. The molecule has 1 heterocycles. The van der Waals surface area contributed by atoms with Crippen molar-refractivity contribution in [3.05, 3.63) is 40.9 Å². The van der Waals surface area contributed by atoms with Crippen LogP contribution in [0.2, 0.25) is 5.02 Å². The van der Waals surface area contributed by atoms with E-state index in [2.05, 4.69) is 0 Å². The number of aliphatic hydroxyl groups is 1. The van der Waals surface area contributed by atoms with Crippen molar-refractivity contribution in [3.8, 4) is 5.75 Å². The second-order valence-electron chi connectivity index (χ2n) is 3.64. The third-order valence-electron chi connectivity index (χ3n) is 2.48. The van der Waals surface area contributed by atoms with Crippen LogP contribution in [0.25, 0.3) is 0 Å². The van der Waals surface area contributed by atoms with Gasteiger partial charge in [0.2, 0.25) is 0 Å². The number of benzene rings is 1. The van der Waals surface area contributed by atoms with Gasteiger partial charge in [-0.1, -0.05) is 23.8 Å². The van der Waals surface area contributed by atoms with Crippen molar-refractivity contribution in [3.63, 3.8) is 0 Å². The molecule has 0 spiro atoms. The minimum atomic E-state index is 0.155. The molecule has 0 fully saturated rings. The number of fused-ring (bicyclic) bond motifs is 1. The zero-order valence-electron chi connectivity index (χ0n) is 8.32. The van der Waals surface area contributed by atoms with Crippen molar-refractivity contribution < 1.29 is 9.84 Å². The molecule has 2 nitrogen and oxygen atoms in total. The fraction of sp³-hybridized carbons (Fsp3) is 0.333. The Bertz CT molecular complexity index is 374. The van der Waals surface area contributed by atoms with E-state index in [0.29, 0.717) is 11.6 Å². The Balaban J connectivity index is 2.31. The van der Waals surface area contributed by atoms with Crippen molar-refractivity contribution >= 4 is 11.6 Å². The molecule has 0 aliphatic carbocycles. The number of aliphatic hydroxyl groups excluding tert-OH is 1. The minimum Gasteiger partial charge on any atom is -0.489 e. The Morgan fingerprint density at radius 2 is 2.33 bits per heavy atom. The van der Waals surface area contributed by atoms with Gasteiger partial charge in [-0.25, -0.2) is 0 Å². The van der Waals surface area contributed by atoms with Gasteiger partial charge in [0.25, 0.3) is 0 Å². The van der Waals surface area contributed by atoms with Crippen LogP contribution in [0, 0.1) is 5.92 Å². The third-order valence-corrected chi connectivity index (χ3v) is 2.72. The summed E-state index contributed by atoms with van der Waals surface area (Å²) in [7, 11) is 0. The largest absolute Gasteiger partial charge is 0.489 e. The summed E-state index contributed by atoms with van der Waals surface area (Å²) in [5.74, 6) is 1.02. The summed E-state index contributed by atoms with van der Waals surface area (Å²) in [5, 5.41) is 9.88. The van der Waals surface area contributed by atoms with E-state index in [4.69, 9.17) is 16.3 Å². The fourth-order valence-corrected chi connectivity index (χ4v) is 1.90. The highest BCUT2D eigenvalue weighted by atomic mass is 35.5. The van der Waals surface area contributed by atoms with E-state index < -0.39 is 0 Å². The molecular formula is C12H13ClO2. The summed E-state index contributed by atoms with van der Waals surface area (Å²) in [4.78, 5) is 0. The lowest BCUT2D eigenvalue weighted by Crippen LogP contribution is -2.11. The molecule has 1 aliphatic rings. The molecule has 1 unspecified atom stereocenters. The first-order valence-corrected chi connectivity index (χ1v) is 5.36. The number of hydrogen-bond acceptors (Lipinski definition) is 2. The highest BCUT2D eigenvalue weighted by Gasteiger charge is 2.12.